The van der Waals surface area contributed by atoms with E-state index >= 15 is 0 Å². The van der Waals surface area contributed by atoms with Crippen LogP contribution in [0, 0.1) is 0 Å². The molecule has 0 radical (unpaired) electrons. The fourth-order valence-corrected chi connectivity index (χ4v) is 3.19. The second-order valence-electron chi connectivity index (χ2n) is 4.43. The maximum Gasteiger partial charge on any atom is 0.263 e. The van der Waals surface area contributed by atoms with Gasteiger partial charge in [-0.15, -0.1) is 0 Å². The van der Waals surface area contributed by atoms with Crippen molar-refractivity contribution in [3.8, 4) is 5.69 Å². The van der Waals surface area contributed by atoms with Gasteiger partial charge in [-0.25, -0.2) is 13.4 Å². The number of sulfonamides is 1. The molecular weight excluding hydrogens is 324 g/mol. The van der Waals surface area contributed by atoms with Crippen molar-refractivity contribution in [1.82, 2.24) is 14.5 Å². The standard InChI is InChI=1S/C14H11ClN4O2S/c15-13-8-11(3-4-14(13)19-7-6-17-10-19)18-22(20,21)12-2-1-5-16-9-12/h1-10,18H. The molecule has 0 spiro atoms. The van der Waals surface area contributed by atoms with Gasteiger partial charge in [0.15, 0.2) is 0 Å². The number of nitrogens with one attached hydrogen (secondary N) is 1. The highest BCUT2D eigenvalue weighted by molar-refractivity contribution is 7.92. The van der Waals surface area contributed by atoms with Gasteiger partial charge < -0.3 is 4.57 Å². The zero-order valence-corrected chi connectivity index (χ0v) is 12.8. The summed E-state index contributed by atoms with van der Waals surface area (Å²) in [4.78, 5) is 7.84. The van der Waals surface area contributed by atoms with Crippen LogP contribution in [0.5, 0.6) is 0 Å². The number of pyridine rings is 1. The molecule has 8 heteroatoms. The number of halogens is 1. The van der Waals surface area contributed by atoms with Crippen LogP contribution in [0.1, 0.15) is 0 Å². The Morgan fingerprint density at radius 2 is 2.00 bits per heavy atom. The molecule has 0 saturated carbocycles. The molecule has 0 atom stereocenters. The van der Waals surface area contributed by atoms with Crippen molar-refractivity contribution < 1.29 is 8.42 Å². The maximum atomic E-state index is 12.2. The van der Waals surface area contributed by atoms with Crippen LogP contribution in [0.3, 0.4) is 0 Å². The van der Waals surface area contributed by atoms with Crippen LogP contribution >= 0.6 is 11.6 Å². The van der Waals surface area contributed by atoms with Crippen LogP contribution in [0.2, 0.25) is 5.02 Å². The molecule has 0 fully saturated rings. The first-order valence-electron chi connectivity index (χ1n) is 6.27. The molecule has 3 aromatic rings. The number of anilines is 1. The number of rotatable bonds is 4. The first kappa shape index (κ1) is 14.6. The molecule has 2 aromatic heterocycles. The predicted octanol–water partition coefficient (Wildman–Crippen LogP) is 2.72. The van der Waals surface area contributed by atoms with Crippen LogP contribution in [0.25, 0.3) is 5.69 Å². The average Bonchev–Trinajstić information content (AvgIpc) is 3.02. The summed E-state index contributed by atoms with van der Waals surface area (Å²) in [6, 6.07) is 7.92. The zero-order valence-electron chi connectivity index (χ0n) is 11.2. The van der Waals surface area contributed by atoms with Gasteiger partial charge >= 0.3 is 0 Å². The Kier molecular flexibility index (Phi) is 3.82. The second kappa shape index (κ2) is 5.78. The van der Waals surface area contributed by atoms with Crippen molar-refractivity contribution in [3.63, 3.8) is 0 Å². The van der Waals surface area contributed by atoms with Crippen LogP contribution in [-0.2, 0) is 10.0 Å². The lowest BCUT2D eigenvalue weighted by Crippen LogP contribution is -2.13. The fourth-order valence-electron chi connectivity index (χ4n) is 1.90. The summed E-state index contributed by atoms with van der Waals surface area (Å²) >= 11 is 6.20. The van der Waals surface area contributed by atoms with Gasteiger partial charge in [0.2, 0.25) is 0 Å². The van der Waals surface area contributed by atoms with E-state index in [9.17, 15) is 8.42 Å². The molecule has 22 heavy (non-hydrogen) atoms. The SMILES string of the molecule is O=S(=O)(Nc1ccc(-n2ccnc2)c(Cl)c1)c1cccnc1. The average molecular weight is 335 g/mol. The van der Waals surface area contributed by atoms with E-state index < -0.39 is 10.0 Å². The summed E-state index contributed by atoms with van der Waals surface area (Å²) in [7, 11) is -3.69. The predicted molar refractivity (Wildman–Crippen MR) is 83.6 cm³/mol. The second-order valence-corrected chi connectivity index (χ2v) is 6.52. The van der Waals surface area contributed by atoms with E-state index in [-0.39, 0.29) is 4.90 Å². The molecule has 0 saturated heterocycles. The maximum absolute atomic E-state index is 12.2. The monoisotopic (exact) mass is 334 g/mol. The van der Waals surface area contributed by atoms with Gasteiger partial charge in [-0.2, -0.15) is 0 Å². The van der Waals surface area contributed by atoms with E-state index in [4.69, 9.17) is 11.6 Å². The van der Waals surface area contributed by atoms with Gasteiger partial charge in [0.05, 0.1) is 22.7 Å². The van der Waals surface area contributed by atoms with Gasteiger partial charge in [-0.3, -0.25) is 9.71 Å². The van der Waals surface area contributed by atoms with E-state index in [1.165, 1.54) is 18.5 Å². The first-order chi connectivity index (χ1) is 10.6. The first-order valence-corrected chi connectivity index (χ1v) is 8.13. The van der Waals surface area contributed by atoms with Gasteiger partial charge in [-0.1, -0.05) is 11.6 Å². The largest absolute Gasteiger partial charge is 0.305 e. The highest BCUT2D eigenvalue weighted by atomic mass is 35.5. The van der Waals surface area contributed by atoms with Crippen molar-refractivity contribution in [2.24, 2.45) is 0 Å². The molecule has 0 bridgehead atoms. The Bertz CT molecular complexity index is 880. The summed E-state index contributed by atoms with van der Waals surface area (Å²) in [6.45, 7) is 0. The van der Waals surface area contributed by atoms with Crippen molar-refractivity contribution in [2.75, 3.05) is 4.72 Å². The van der Waals surface area contributed by atoms with Gasteiger partial charge in [0.1, 0.15) is 4.90 Å². The number of imidazole rings is 1. The Labute approximate surface area is 132 Å². The molecule has 3 rings (SSSR count). The van der Waals surface area contributed by atoms with Gasteiger partial charge in [-0.05, 0) is 30.3 Å². The molecule has 2 heterocycles. The van der Waals surface area contributed by atoms with Gasteiger partial charge in [0, 0.05) is 24.8 Å². The Morgan fingerprint density at radius 3 is 2.64 bits per heavy atom. The van der Waals surface area contributed by atoms with Crippen molar-refractivity contribution >= 4 is 27.3 Å². The van der Waals surface area contributed by atoms with Crippen molar-refractivity contribution in [2.45, 2.75) is 4.90 Å². The minimum Gasteiger partial charge on any atom is -0.305 e. The topological polar surface area (TPSA) is 76.9 Å². The Hall–Kier alpha value is -2.38. The number of benzene rings is 1. The number of aromatic nitrogens is 3. The Morgan fingerprint density at radius 1 is 1.14 bits per heavy atom. The van der Waals surface area contributed by atoms with E-state index in [0.29, 0.717) is 16.4 Å². The van der Waals surface area contributed by atoms with Gasteiger partial charge in [0.25, 0.3) is 10.0 Å². The third kappa shape index (κ3) is 2.95. The molecule has 6 nitrogen and oxygen atoms in total. The smallest absolute Gasteiger partial charge is 0.263 e. The van der Waals surface area contributed by atoms with Crippen molar-refractivity contribution in [1.29, 1.82) is 0 Å². The highest BCUT2D eigenvalue weighted by Gasteiger charge is 2.15. The summed E-state index contributed by atoms with van der Waals surface area (Å²) in [5.74, 6) is 0. The van der Waals surface area contributed by atoms with E-state index in [2.05, 4.69) is 14.7 Å². The zero-order chi connectivity index (χ0) is 15.6. The summed E-state index contributed by atoms with van der Waals surface area (Å²) in [5, 5.41) is 0.407. The lowest BCUT2D eigenvalue weighted by molar-refractivity contribution is 0.601. The number of nitrogens with zero attached hydrogens (tertiary/aromatic N) is 3. The molecule has 1 aromatic carbocycles. The normalized spacial score (nSPS) is 11.3. The van der Waals surface area contributed by atoms with E-state index in [1.807, 2.05) is 0 Å². The van der Waals surface area contributed by atoms with Crippen LogP contribution in [-0.4, -0.2) is 23.0 Å². The lowest BCUT2D eigenvalue weighted by Gasteiger charge is -2.10. The van der Waals surface area contributed by atoms with Crippen LogP contribution < -0.4 is 4.72 Å². The third-order valence-corrected chi connectivity index (χ3v) is 4.60. The molecule has 0 unspecified atom stereocenters. The minimum absolute atomic E-state index is 0.0878. The van der Waals surface area contributed by atoms with Crippen LogP contribution in [0.4, 0.5) is 5.69 Å². The summed E-state index contributed by atoms with van der Waals surface area (Å²) in [5.41, 5.74) is 1.08. The van der Waals surface area contributed by atoms with Crippen LogP contribution in [0.15, 0.2) is 66.3 Å². The third-order valence-electron chi connectivity index (χ3n) is 2.93. The van der Waals surface area contributed by atoms with E-state index in [1.54, 1.807) is 47.6 Å². The van der Waals surface area contributed by atoms with E-state index in [0.717, 1.165) is 0 Å². The number of hydrogen-bond acceptors (Lipinski definition) is 4. The Balaban J connectivity index is 1.89. The van der Waals surface area contributed by atoms with Crippen molar-refractivity contribution in [3.05, 3.63) is 66.5 Å². The molecule has 0 aliphatic heterocycles. The highest BCUT2D eigenvalue weighted by Crippen LogP contribution is 2.25. The number of hydrogen-bond donors (Lipinski definition) is 1. The molecule has 0 amide bonds. The summed E-state index contributed by atoms with van der Waals surface area (Å²) in [6.07, 6.45) is 7.79. The molecular formula is C14H11ClN4O2S. The fraction of sp³-hybridized carbons (Fsp3) is 0. The molecule has 1 N–H and O–H groups in total. The summed E-state index contributed by atoms with van der Waals surface area (Å²) < 4.78 is 28.6. The minimum atomic E-state index is -3.69. The molecule has 0 aliphatic carbocycles. The molecule has 112 valence electrons. The quantitative estimate of drug-likeness (QED) is 0.795. The molecule has 0 aliphatic rings. The lowest BCUT2D eigenvalue weighted by atomic mass is 10.3.